The van der Waals surface area contributed by atoms with Crippen molar-refractivity contribution >= 4 is 10.8 Å². The Labute approximate surface area is 105 Å². The minimum atomic E-state index is -0.217. The van der Waals surface area contributed by atoms with Crippen molar-refractivity contribution in [1.29, 1.82) is 0 Å². The molecule has 18 heavy (non-hydrogen) atoms. The number of benzene rings is 1. The van der Waals surface area contributed by atoms with Gasteiger partial charge >= 0.3 is 0 Å². The molecule has 3 rings (SSSR count). The molecule has 2 aromatic rings. The van der Waals surface area contributed by atoms with Crippen molar-refractivity contribution in [1.82, 2.24) is 9.89 Å². The van der Waals surface area contributed by atoms with Gasteiger partial charge in [0.1, 0.15) is 0 Å². The van der Waals surface area contributed by atoms with Gasteiger partial charge in [-0.1, -0.05) is 37.5 Å². The second-order valence-corrected chi connectivity index (χ2v) is 5.02. The van der Waals surface area contributed by atoms with Gasteiger partial charge in [0.2, 0.25) is 0 Å². The molecule has 0 saturated heterocycles. The Morgan fingerprint density at radius 3 is 2.50 bits per heavy atom. The van der Waals surface area contributed by atoms with E-state index < -0.39 is 0 Å². The minimum Gasteiger partial charge on any atom is -0.320 e. The fraction of sp³-hybridized carbons (Fsp3) is 0.429. The van der Waals surface area contributed by atoms with Crippen LogP contribution in [0.2, 0.25) is 0 Å². The zero-order chi connectivity index (χ0) is 12.5. The van der Waals surface area contributed by atoms with E-state index in [4.69, 9.17) is 5.84 Å². The Morgan fingerprint density at radius 2 is 1.78 bits per heavy atom. The van der Waals surface area contributed by atoms with Crippen LogP contribution >= 0.6 is 0 Å². The van der Waals surface area contributed by atoms with Crippen LogP contribution in [0.25, 0.3) is 10.8 Å². The van der Waals surface area contributed by atoms with Gasteiger partial charge in [0.25, 0.3) is 5.56 Å². The second-order valence-electron chi connectivity index (χ2n) is 5.02. The SMILES string of the molecule is Nn1nc(C2CCCCC2)c2ccccc2c1=O. The highest BCUT2D eigenvalue weighted by Gasteiger charge is 2.20. The molecule has 2 N–H and O–H groups in total. The summed E-state index contributed by atoms with van der Waals surface area (Å²) in [5, 5.41) is 5.95. The summed E-state index contributed by atoms with van der Waals surface area (Å²) in [5.74, 6) is 6.13. The molecule has 0 atom stereocenters. The van der Waals surface area contributed by atoms with E-state index in [1.165, 1.54) is 19.3 Å². The van der Waals surface area contributed by atoms with Gasteiger partial charge < -0.3 is 5.84 Å². The lowest BCUT2D eigenvalue weighted by atomic mass is 9.85. The van der Waals surface area contributed by atoms with Crippen LogP contribution in [-0.4, -0.2) is 9.89 Å². The smallest absolute Gasteiger partial charge is 0.293 e. The molecule has 4 nitrogen and oxygen atoms in total. The molecule has 0 radical (unpaired) electrons. The van der Waals surface area contributed by atoms with E-state index in [1.807, 2.05) is 24.3 Å². The maximum absolute atomic E-state index is 11.9. The van der Waals surface area contributed by atoms with Crippen LogP contribution < -0.4 is 11.4 Å². The lowest BCUT2D eigenvalue weighted by Crippen LogP contribution is -2.31. The van der Waals surface area contributed by atoms with Gasteiger partial charge in [0.05, 0.1) is 11.1 Å². The molecule has 0 unspecified atom stereocenters. The predicted octanol–water partition coefficient (Wildman–Crippen LogP) is 2.16. The molecule has 0 spiro atoms. The van der Waals surface area contributed by atoms with E-state index in [0.29, 0.717) is 11.3 Å². The van der Waals surface area contributed by atoms with Crippen molar-refractivity contribution < 1.29 is 0 Å². The second kappa shape index (κ2) is 4.44. The standard InChI is InChI=1S/C14H17N3O/c15-17-14(18)12-9-5-4-8-11(12)13(16-17)10-6-2-1-3-7-10/h4-5,8-10H,1-3,6-7,15H2. The maximum Gasteiger partial charge on any atom is 0.293 e. The van der Waals surface area contributed by atoms with E-state index in [0.717, 1.165) is 28.7 Å². The van der Waals surface area contributed by atoms with Crippen molar-refractivity contribution in [3.8, 4) is 0 Å². The summed E-state index contributed by atoms with van der Waals surface area (Å²) < 4.78 is 0. The first-order chi connectivity index (χ1) is 8.77. The molecular weight excluding hydrogens is 226 g/mol. The summed E-state index contributed by atoms with van der Waals surface area (Å²) in [4.78, 5) is 12.9. The van der Waals surface area contributed by atoms with Gasteiger partial charge in [0, 0.05) is 11.3 Å². The maximum atomic E-state index is 11.9. The first kappa shape index (κ1) is 11.3. The number of rotatable bonds is 1. The molecule has 1 aromatic heterocycles. The van der Waals surface area contributed by atoms with Gasteiger partial charge in [-0.2, -0.15) is 5.10 Å². The highest BCUT2D eigenvalue weighted by Crippen LogP contribution is 2.33. The number of hydrogen-bond donors (Lipinski definition) is 1. The predicted molar refractivity (Wildman–Crippen MR) is 72.0 cm³/mol. The zero-order valence-electron chi connectivity index (χ0n) is 10.3. The largest absolute Gasteiger partial charge is 0.320 e. The van der Waals surface area contributed by atoms with Crippen LogP contribution in [0.5, 0.6) is 0 Å². The van der Waals surface area contributed by atoms with Crippen LogP contribution in [0.3, 0.4) is 0 Å². The summed E-state index contributed by atoms with van der Waals surface area (Å²) in [6.45, 7) is 0. The normalized spacial score (nSPS) is 17.1. The van der Waals surface area contributed by atoms with Gasteiger partial charge in [0.15, 0.2) is 0 Å². The Bertz CT molecular complexity index is 626. The van der Waals surface area contributed by atoms with E-state index in [2.05, 4.69) is 5.10 Å². The first-order valence-electron chi connectivity index (χ1n) is 6.54. The molecule has 4 heteroatoms. The van der Waals surface area contributed by atoms with Gasteiger partial charge in [-0.3, -0.25) is 4.79 Å². The topological polar surface area (TPSA) is 60.9 Å². The first-order valence-corrected chi connectivity index (χ1v) is 6.54. The van der Waals surface area contributed by atoms with Crippen molar-refractivity contribution in [2.75, 3.05) is 5.84 Å². The Balaban J connectivity index is 2.22. The van der Waals surface area contributed by atoms with E-state index in [-0.39, 0.29) is 5.56 Å². The fourth-order valence-electron chi connectivity index (χ4n) is 2.91. The lowest BCUT2D eigenvalue weighted by Gasteiger charge is -2.22. The van der Waals surface area contributed by atoms with Gasteiger partial charge in [-0.25, -0.2) is 0 Å². The third kappa shape index (κ3) is 1.78. The highest BCUT2D eigenvalue weighted by atomic mass is 16.1. The Morgan fingerprint density at radius 1 is 1.11 bits per heavy atom. The van der Waals surface area contributed by atoms with Gasteiger partial charge in [-0.05, 0) is 18.9 Å². The molecule has 94 valence electrons. The van der Waals surface area contributed by atoms with Crippen LogP contribution in [0, 0.1) is 0 Å². The van der Waals surface area contributed by atoms with Gasteiger partial charge in [-0.15, -0.1) is 4.79 Å². The molecule has 1 heterocycles. The van der Waals surface area contributed by atoms with E-state index in [9.17, 15) is 4.79 Å². The summed E-state index contributed by atoms with van der Waals surface area (Å²) in [6, 6.07) is 7.63. The average molecular weight is 243 g/mol. The molecule has 1 fully saturated rings. The summed E-state index contributed by atoms with van der Waals surface area (Å²) in [7, 11) is 0. The molecular formula is C14H17N3O. The molecule has 1 aromatic carbocycles. The van der Waals surface area contributed by atoms with Crippen LogP contribution in [0.15, 0.2) is 29.1 Å². The monoisotopic (exact) mass is 243 g/mol. The minimum absolute atomic E-state index is 0.217. The number of hydrogen-bond acceptors (Lipinski definition) is 3. The summed E-state index contributed by atoms with van der Waals surface area (Å²) in [6.07, 6.45) is 6.08. The summed E-state index contributed by atoms with van der Waals surface area (Å²) >= 11 is 0. The number of fused-ring (bicyclic) bond motifs is 1. The van der Waals surface area contributed by atoms with Crippen molar-refractivity contribution in [3.63, 3.8) is 0 Å². The van der Waals surface area contributed by atoms with Crippen molar-refractivity contribution in [2.45, 2.75) is 38.0 Å². The molecule has 0 aliphatic heterocycles. The number of nitrogen functional groups attached to an aromatic ring is 1. The number of nitrogens with zero attached hydrogens (tertiary/aromatic N) is 2. The van der Waals surface area contributed by atoms with Crippen molar-refractivity contribution in [3.05, 3.63) is 40.3 Å². The molecule has 0 bridgehead atoms. The Hall–Kier alpha value is -1.84. The molecule has 1 saturated carbocycles. The van der Waals surface area contributed by atoms with Crippen LogP contribution in [0.4, 0.5) is 0 Å². The molecule has 0 amide bonds. The molecule has 1 aliphatic carbocycles. The quantitative estimate of drug-likeness (QED) is 0.781. The van der Waals surface area contributed by atoms with Crippen LogP contribution in [0.1, 0.15) is 43.7 Å². The van der Waals surface area contributed by atoms with E-state index >= 15 is 0 Å². The van der Waals surface area contributed by atoms with Crippen molar-refractivity contribution in [2.24, 2.45) is 0 Å². The third-order valence-corrected chi connectivity index (χ3v) is 3.85. The third-order valence-electron chi connectivity index (χ3n) is 3.85. The van der Waals surface area contributed by atoms with E-state index in [1.54, 1.807) is 0 Å². The average Bonchev–Trinajstić information content (AvgIpc) is 2.44. The lowest BCUT2D eigenvalue weighted by molar-refractivity contribution is 0.433. The fourth-order valence-corrected chi connectivity index (χ4v) is 2.91. The number of aromatic nitrogens is 2. The number of nitrogens with two attached hydrogens (primary N) is 1. The van der Waals surface area contributed by atoms with Crippen LogP contribution in [-0.2, 0) is 0 Å². The molecule has 1 aliphatic rings. The Kier molecular flexibility index (Phi) is 2.78. The zero-order valence-corrected chi connectivity index (χ0v) is 10.3. The summed E-state index contributed by atoms with van der Waals surface area (Å²) in [5.41, 5.74) is 0.776. The highest BCUT2D eigenvalue weighted by molar-refractivity contribution is 5.83.